The first-order chi connectivity index (χ1) is 10.8. The predicted molar refractivity (Wildman–Crippen MR) is 87.2 cm³/mol. The zero-order chi connectivity index (χ0) is 16.6. The van der Waals surface area contributed by atoms with Crippen molar-refractivity contribution in [3.63, 3.8) is 0 Å². The third-order valence-corrected chi connectivity index (χ3v) is 4.94. The van der Waals surface area contributed by atoms with Crippen LogP contribution in [0.1, 0.15) is 58.6 Å². The van der Waals surface area contributed by atoms with E-state index >= 15 is 0 Å². The van der Waals surface area contributed by atoms with Crippen molar-refractivity contribution in [2.45, 2.75) is 76.5 Å². The molecule has 2 N–H and O–H groups in total. The minimum absolute atomic E-state index is 0.106. The molecule has 6 heteroatoms. The van der Waals surface area contributed by atoms with Gasteiger partial charge in [0.25, 0.3) is 0 Å². The van der Waals surface area contributed by atoms with Gasteiger partial charge in [-0.25, -0.2) is 0 Å². The number of likely N-dealkylation sites (tertiary alicyclic amines) is 1. The van der Waals surface area contributed by atoms with Crippen LogP contribution < -0.4 is 5.32 Å². The fourth-order valence-electron chi connectivity index (χ4n) is 3.63. The molecule has 0 unspecified atom stereocenters. The Kier molecular flexibility index (Phi) is 4.47. The number of amides is 1. The summed E-state index contributed by atoms with van der Waals surface area (Å²) in [5, 5.41) is 16.9. The quantitative estimate of drug-likeness (QED) is 0.893. The van der Waals surface area contributed by atoms with Gasteiger partial charge in [-0.15, -0.1) is 0 Å². The Morgan fingerprint density at radius 1 is 1.39 bits per heavy atom. The van der Waals surface area contributed by atoms with E-state index in [-0.39, 0.29) is 17.4 Å². The van der Waals surface area contributed by atoms with E-state index in [2.05, 4.69) is 15.4 Å². The molecule has 2 atom stereocenters. The molecule has 2 heterocycles. The van der Waals surface area contributed by atoms with Crippen LogP contribution in [0.3, 0.4) is 0 Å². The molecule has 3 rings (SSSR count). The van der Waals surface area contributed by atoms with Crippen LogP contribution in [0.15, 0.2) is 10.6 Å². The van der Waals surface area contributed by atoms with Crippen molar-refractivity contribution in [3.8, 4) is 0 Å². The molecule has 23 heavy (non-hydrogen) atoms. The van der Waals surface area contributed by atoms with Crippen LogP contribution in [-0.2, 0) is 10.2 Å². The summed E-state index contributed by atoms with van der Waals surface area (Å²) in [7, 11) is 0. The highest BCUT2D eigenvalue weighted by atomic mass is 16.5. The van der Waals surface area contributed by atoms with Crippen LogP contribution in [-0.4, -0.2) is 45.8 Å². The Bertz CT molecular complexity index is 558. The second-order valence-corrected chi connectivity index (χ2v) is 7.86. The molecular weight excluding hydrogens is 294 g/mol. The minimum atomic E-state index is -0.425. The van der Waals surface area contributed by atoms with E-state index in [4.69, 9.17) is 4.52 Å². The number of hydrogen-bond donors (Lipinski definition) is 2. The molecule has 1 amide bonds. The van der Waals surface area contributed by atoms with Gasteiger partial charge in [-0.3, -0.25) is 15.0 Å². The number of carbonyl (C=O) groups excluding carboxylic acids is 1. The Morgan fingerprint density at radius 3 is 2.70 bits per heavy atom. The van der Waals surface area contributed by atoms with Gasteiger partial charge < -0.3 is 9.63 Å². The summed E-state index contributed by atoms with van der Waals surface area (Å²) in [6.07, 6.45) is 4.72. The number of β-amino-alcohol motifs (C(OH)–C–C–N with tert-alkyl or cyclic N) is 1. The van der Waals surface area contributed by atoms with Crippen molar-refractivity contribution in [2.24, 2.45) is 0 Å². The number of nitrogens with zero attached hydrogens (tertiary/aromatic N) is 2. The van der Waals surface area contributed by atoms with Crippen molar-refractivity contribution < 1.29 is 14.4 Å². The van der Waals surface area contributed by atoms with Crippen molar-refractivity contribution in [1.82, 2.24) is 10.1 Å². The second kappa shape index (κ2) is 6.24. The SMILES string of the molecule is CC(C)(C)c1cc(NC(=O)[C@@H]2C[C@@H](O)CN2C2CCCC2)on1. The van der Waals surface area contributed by atoms with E-state index in [0.717, 1.165) is 18.5 Å². The molecule has 128 valence electrons. The lowest BCUT2D eigenvalue weighted by Gasteiger charge is -2.28. The maximum absolute atomic E-state index is 12.6. The molecule has 0 aromatic carbocycles. The van der Waals surface area contributed by atoms with Gasteiger partial charge in [-0.1, -0.05) is 38.8 Å². The number of hydrogen-bond acceptors (Lipinski definition) is 5. The maximum atomic E-state index is 12.6. The maximum Gasteiger partial charge on any atom is 0.244 e. The van der Waals surface area contributed by atoms with Gasteiger partial charge in [0.1, 0.15) is 0 Å². The van der Waals surface area contributed by atoms with E-state index in [1.807, 2.05) is 20.8 Å². The zero-order valence-electron chi connectivity index (χ0n) is 14.2. The van der Waals surface area contributed by atoms with E-state index < -0.39 is 6.10 Å². The predicted octanol–water partition coefficient (Wildman–Crippen LogP) is 2.29. The van der Waals surface area contributed by atoms with Crippen LogP contribution in [0, 0.1) is 0 Å². The van der Waals surface area contributed by atoms with E-state index in [1.165, 1.54) is 12.8 Å². The number of aromatic nitrogens is 1. The monoisotopic (exact) mass is 321 g/mol. The Morgan fingerprint density at radius 2 is 2.09 bits per heavy atom. The van der Waals surface area contributed by atoms with Gasteiger partial charge >= 0.3 is 0 Å². The molecule has 6 nitrogen and oxygen atoms in total. The van der Waals surface area contributed by atoms with Crippen LogP contribution in [0.2, 0.25) is 0 Å². The third-order valence-electron chi connectivity index (χ3n) is 4.94. The first kappa shape index (κ1) is 16.5. The molecule has 1 aromatic rings. The highest BCUT2D eigenvalue weighted by Gasteiger charge is 2.40. The molecule has 2 fully saturated rings. The topological polar surface area (TPSA) is 78.6 Å². The number of nitrogens with one attached hydrogen (secondary N) is 1. The first-order valence-corrected chi connectivity index (χ1v) is 8.56. The Hall–Kier alpha value is -1.40. The van der Waals surface area contributed by atoms with Gasteiger partial charge in [0.2, 0.25) is 11.8 Å². The van der Waals surface area contributed by atoms with Crippen molar-refractivity contribution in [1.29, 1.82) is 0 Å². The van der Waals surface area contributed by atoms with Crippen molar-refractivity contribution >= 4 is 11.8 Å². The molecule has 0 radical (unpaired) electrons. The highest BCUT2D eigenvalue weighted by molar-refractivity contribution is 5.94. The van der Waals surface area contributed by atoms with Crippen LogP contribution in [0.4, 0.5) is 5.88 Å². The number of anilines is 1. The molecule has 1 aliphatic heterocycles. The molecule has 1 aliphatic carbocycles. The van der Waals surface area contributed by atoms with E-state index in [9.17, 15) is 9.90 Å². The van der Waals surface area contributed by atoms with E-state index in [0.29, 0.717) is 24.9 Å². The third kappa shape index (κ3) is 3.58. The summed E-state index contributed by atoms with van der Waals surface area (Å²) in [6.45, 7) is 6.73. The Balaban J connectivity index is 1.67. The lowest BCUT2D eigenvalue weighted by atomic mass is 9.92. The molecule has 1 saturated carbocycles. The number of rotatable bonds is 3. The fourth-order valence-corrected chi connectivity index (χ4v) is 3.63. The Labute approximate surface area is 137 Å². The zero-order valence-corrected chi connectivity index (χ0v) is 14.2. The number of aliphatic hydroxyl groups excluding tert-OH is 1. The molecule has 0 spiro atoms. The van der Waals surface area contributed by atoms with Crippen molar-refractivity contribution in [2.75, 3.05) is 11.9 Å². The fraction of sp³-hybridized carbons (Fsp3) is 0.765. The van der Waals surface area contributed by atoms with Gasteiger partial charge in [-0.05, 0) is 19.3 Å². The summed E-state index contributed by atoms with van der Waals surface area (Å²) in [5.41, 5.74) is 0.693. The number of carbonyl (C=O) groups is 1. The summed E-state index contributed by atoms with van der Waals surface area (Å²) in [4.78, 5) is 14.8. The van der Waals surface area contributed by atoms with Gasteiger partial charge in [0, 0.05) is 24.1 Å². The standard InChI is InChI=1S/C17H27N3O3/c1-17(2,3)14-9-15(23-19-14)18-16(22)13-8-12(21)10-20(13)11-6-4-5-7-11/h9,11-13,21H,4-8,10H2,1-3H3,(H,18,22)/t12-,13+/m1/s1. The smallest absolute Gasteiger partial charge is 0.244 e. The van der Waals surface area contributed by atoms with Crippen molar-refractivity contribution in [3.05, 3.63) is 11.8 Å². The van der Waals surface area contributed by atoms with Crippen LogP contribution in [0.25, 0.3) is 0 Å². The summed E-state index contributed by atoms with van der Waals surface area (Å²) in [5.74, 6) is 0.276. The lowest BCUT2D eigenvalue weighted by molar-refractivity contribution is -0.121. The highest BCUT2D eigenvalue weighted by Crippen LogP contribution is 2.31. The van der Waals surface area contributed by atoms with Gasteiger partial charge in [0.05, 0.1) is 17.8 Å². The van der Waals surface area contributed by atoms with Gasteiger partial charge in [-0.2, -0.15) is 0 Å². The van der Waals surface area contributed by atoms with E-state index in [1.54, 1.807) is 6.07 Å². The first-order valence-electron chi connectivity index (χ1n) is 8.56. The average molecular weight is 321 g/mol. The van der Waals surface area contributed by atoms with Gasteiger partial charge in [0.15, 0.2) is 0 Å². The minimum Gasteiger partial charge on any atom is -0.392 e. The summed E-state index contributed by atoms with van der Waals surface area (Å²) in [6, 6.07) is 1.92. The molecule has 1 aromatic heterocycles. The molecule has 1 saturated heterocycles. The number of aliphatic hydroxyl groups is 1. The second-order valence-electron chi connectivity index (χ2n) is 7.86. The molecule has 2 aliphatic rings. The van der Waals surface area contributed by atoms with Crippen LogP contribution >= 0.6 is 0 Å². The average Bonchev–Trinajstić information content (AvgIpc) is 3.15. The normalized spacial score (nSPS) is 26.8. The molecular formula is C17H27N3O3. The largest absolute Gasteiger partial charge is 0.392 e. The van der Waals surface area contributed by atoms with Crippen LogP contribution in [0.5, 0.6) is 0 Å². The summed E-state index contributed by atoms with van der Waals surface area (Å²) < 4.78 is 5.25. The molecule has 0 bridgehead atoms. The summed E-state index contributed by atoms with van der Waals surface area (Å²) >= 11 is 0. The lowest BCUT2D eigenvalue weighted by Crippen LogP contribution is -2.44.